The van der Waals surface area contributed by atoms with Crippen molar-refractivity contribution in [3.63, 3.8) is 0 Å². The van der Waals surface area contributed by atoms with Crippen molar-refractivity contribution in [1.82, 2.24) is 14.7 Å². The van der Waals surface area contributed by atoms with Crippen molar-refractivity contribution in [2.45, 2.75) is 50.2 Å². The number of carbonyl (C=O) groups is 1. The van der Waals surface area contributed by atoms with E-state index >= 15 is 0 Å². The monoisotopic (exact) mass is 608 g/mol. The molecule has 3 N–H and O–H groups in total. The van der Waals surface area contributed by atoms with Crippen LogP contribution < -0.4 is 19.9 Å². The Morgan fingerprint density at radius 1 is 1.05 bits per heavy atom. The number of carbonyl (C=O) groups excluding carboxylic acids is 1. The topological polar surface area (TPSA) is 134 Å². The zero-order chi connectivity index (χ0) is 30.6. The first-order valence-corrected chi connectivity index (χ1v) is 15.5. The van der Waals surface area contributed by atoms with Gasteiger partial charge in [0.1, 0.15) is 28.5 Å². The Morgan fingerprint density at radius 3 is 2.49 bits per heavy atom. The highest BCUT2D eigenvalue weighted by Gasteiger charge is 2.41. The molecule has 0 radical (unpaired) electrons. The average molecular weight is 609 g/mol. The number of ether oxygens (including phenoxy) is 2. The molecule has 0 saturated heterocycles. The van der Waals surface area contributed by atoms with Gasteiger partial charge in [-0.05, 0) is 67.1 Å². The Bertz CT molecular complexity index is 1740. The maximum Gasteiger partial charge on any atom is 0.281 e. The van der Waals surface area contributed by atoms with Crippen molar-refractivity contribution in [2.24, 2.45) is 5.92 Å². The summed E-state index contributed by atoms with van der Waals surface area (Å²) >= 11 is 0. The molecule has 2 aromatic heterocycles. The summed E-state index contributed by atoms with van der Waals surface area (Å²) in [7, 11) is -4.36. The number of hydrogen-bond donors (Lipinski definition) is 2. The Morgan fingerprint density at radius 2 is 1.81 bits per heavy atom. The molecular weight excluding hydrogens is 571 g/mol. The molecule has 4 aromatic rings. The number of rotatable bonds is 11. The zero-order valence-electron chi connectivity index (χ0n) is 23.9. The number of pyridine rings is 2. The number of amides is 1. The van der Waals surface area contributed by atoms with Crippen LogP contribution in [0.1, 0.15) is 51.9 Å². The molecule has 9 nitrogen and oxygen atoms in total. The van der Waals surface area contributed by atoms with Gasteiger partial charge in [0, 0.05) is 20.9 Å². The van der Waals surface area contributed by atoms with E-state index in [1.54, 1.807) is 6.07 Å². The van der Waals surface area contributed by atoms with Gasteiger partial charge in [-0.2, -0.15) is 8.42 Å². The van der Waals surface area contributed by atoms with E-state index in [0.29, 0.717) is 42.9 Å². The molecule has 1 amide bonds. The van der Waals surface area contributed by atoms with E-state index in [9.17, 15) is 17.6 Å². The van der Waals surface area contributed by atoms with Gasteiger partial charge < -0.3 is 15.2 Å². The first kappa shape index (κ1) is 30.0. The van der Waals surface area contributed by atoms with E-state index in [1.807, 2.05) is 48.9 Å². The first-order chi connectivity index (χ1) is 20.5. The molecule has 0 bridgehead atoms. The normalized spacial score (nSPS) is 14.1. The number of nitrogens with zero attached hydrogens (tertiary/aromatic N) is 2. The smallest absolute Gasteiger partial charge is 0.281 e. The SMILES string of the molecule is CC(C)COc1cc(F)cc(-c2ccc(C(=O)NS(=O)(=O)c3cccc(N)n3)c(OC3(Cc4ccccc4)CCC3)n2)c1.[HH].[HH]. The summed E-state index contributed by atoms with van der Waals surface area (Å²) in [6, 6.07) is 21.1. The largest absolute Gasteiger partial charge is 0.493 e. The quantitative estimate of drug-likeness (QED) is 0.210. The number of nitrogens with one attached hydrogen (secondary N) is 1. The zero-order valence-corrected chi connectivity index (χ0v) is 24.7. The highest BCUT2D eigenvalue weighted by molar-refractivity contribution is 7.90. The molecule has 0 atom stereocenters. The van der Waals surface area contributed by atoms with Crippen LogP contribution >= 0.6 is 0 Å². The van der Waals surface area contributed by atoms with E-state index in [-0.39, 0.29) is 26.0 Å². The van der Waals surface area contributed by atoms with Crippen LogP contribution in [-0.4, -0.2) is 36.5 Å². The van der Waals surface area contributed by atoms with Crippen LogP contribution in [0.15, 0.2) is 83.9 Å². The number of sulfonamides is 1. The lowest BCUT2D eigenvalue weighted by molar-refractivity contribution is -0.0109. The molecule has 2 heterocycles. The molecule has 1 fully saturated rings. The number of nitrogen functional groups attached to an aromatic ring is 1. The highest BCUT2D eigenvalue weighted by atomic mass is 32.2. The van der Waals surface area contributed by atoms with E-state index in [2.05, 4.69) is 9.97 Å². The lowest BCUT2D eigenvalue weighted by atomic mass is 9.75. The van der Waals surface area contributed by atoms with Crippen LogP contribution in [0.5, 0.6) is 11.6 Å². The third-order valence-electron chi connectivity index (χ3n) is 7.05. The average Bonchev–Trinajstić information content (AvgIpc) is 2.95. The van der Waals surface area contributed by atoms with Gasteiger partial charge in [-0.3, -0.25) is 4.79 Å². The van der Waals surface area contributed by atoms with Crippen LogP contribution in [-0.2, 0) is 16.4 Å². The van der Waals surface area contributed by atoms with Crippen LogP contribution in [0.4, 0.5) is 10.2 Å². The maximum absolute atomic E-state index is 14.6. The predicted octanol–water partition coefficient (Wildman–Crippen LogP) is 6.05. The summed E-state index contributed by atoms with van der Waals surface area (Å²) < 4.78 is 54.9. The van der Waals surface area contributed by atoms with E-state index < -0.39 is 32.4 Å². The maximum atomic E-state index is 14.6. The van der Waals surface area contributed by atoms with Crippen LogP contribution in [0, 0.1) is 11.7 Å². The minimum Gasteiger partial charge on any atom is -0.493 e. The highest BCUT2D eigenvalue weighted by Crippen LogP contribution is 2.40. The summed E-state index contributed by atoms with van der Waals surface area (Å²) in [6.07, 6.45) is 2.92. The lowest BCUT2D eigenvalue weighted by Gasteiger charge is -2.42. The van der Waals surface area contributed by atoms with E-state index in [1.165, 1.54) is 42.5 Å². The van der Waals surface area contributed by atoms with Crippen molar-refractivity contribution in [2.75, 3.05) is 12.3 Å². The number of hydrogen-bond acceptors (Lipinski definition) is 8. The second kappa shape index (κ2) is 12.4. The van der Waals surface area contributed by atoms with Gasteiger partial charge in [-0.15, -0.1) is 0 Å². The summed E-state index contributed by atoms with van der Waals surface area (Å²) in [5, 5.41) is -0.402. The Balaban J connectivity index is 0.00000276. The molecule has 0 aliphatic heterocycles. The molecule has 228 valence electrons. The second-order valence-electron chi connectivity index (χ2n) is 11.1. The minimum absolute atomic E-state index is 0. The van der Waals surface area contributed by atoms with Gasteiger partial charge in [0.2, 0.25) is 5.88 Å². The molecule has 0 unspecified atom stereocenters. The van der Waals surface area contributed by atoms with Crippen molar-refractivity contribution >= 4 is 21.7 Å². The Labute approximate surface area is 253 Å². The van der Waals surface area contributed by atoms with E-state index in [0.717, 1.165) is 12.0 Å². The molecule has 1 saturated carbocycles. The fourth-order valence-corrected chi connectivity index (χ4v) is 5.72. The first-order valence-electron chi connectivity index (χ1n) is 14.0. The molecule has 0 spiro atoms. The molecule has 11 heteroatoms. The summed E-state index contributed by atoms with van der Waals surface area (Å²) in [5.41, 5.74) is 6.70. The molecule has 43 heavy (non-hydrogen) atoms. The number of anilines is 1. The third kappa shape index (κ3) is 7.29. The van der Waals surface area contributed by atoms with Crippen molar-refractivity contribution in [3.8, 4) is 22.9 Å². The van der Waals surface area contributed by atoms with Gasteiger partial charge in [0.05, 0.1) is 12.3 Å². The van der Waals surface area contributed by atoms with Gasteiger partial charge in [-0.1, -0.05) is 50.2 Å². The van der Waals surface area contributed by atoms with Gasteiger partial charge in [0.15, 0.2) is 5.03 Å². The molecule has 5 rings (SSSR count). The fourth-order valence-electron chi connectivity index (χ4n) is 4.78. The fraction of sp³-hybridized carbons (Fsp3) is 0.281. The predicted molar refractivity (Wildman–Crippen MR) is 165 cm³/mol. The Hall–Kier alpha value is -4.51. The second-order valence-corrected chi connectivity index (χ2v) is 12.7. The minimum atomic E-state index is -4.36. The number of aromatic nitrogens is 2. The molecule has 2 aromatic carbocycles. The molecule has 1 aliphatic rings. The van der Waals surface area contributed by atoms with Gasteiger partial charge in [-0.25, -0.2) is 19.1 Å². The Kier molecular flexibility index (Phi) is 8.63. The van der Waals surface area contributed by atoms with Crippen molar-refractivity contribution in [1.29, 1.82) is 0 Å². The standard InChI is InChI=1S/C32H33FN4O5S.2H2/c1-21(2)20-41-25-17-23(16-24(33)18-25)27-13-12-26(30(38)37-43(39,40)29-11-6-10-28(34)36-29)31(35-27)42-32(14-7-15-32)19-22-8-4-3-5-9-22;;/h3-6,8-13,16-18,21H,7,14-15,19-20H2,1-2H3,(H2,34,36)(H,37,38);2*1H. The number of benzene rings is 2. The van der Waals surface area contributed by atoms with E-state index in [4.69, 9.17) is 15.2 Å². The summed E-state index contributed by atoms with van der Waals surface area (Å²) in [5.74, 6) is -0.949. The number of halogens is 1. The third-order valence-corrected chi connectivity index (χ3v) is 8.28. The van der Waals surface area contributed by atoms with Crippen LogP contribution in [0.25, 0.3) is 11.3 Å². The van der Waals surface area contributed by atoms with Gasteiger partial charge in [0.25, 0.3) is 15.9 Å². The van der Waals surface area contributed by atoms with Crippen LogP contribution in [0.2, 0.25) is 0 Å². The lowest BCUT2D eigenvalue weighted by Crippen LogP contribution is -2.46. The molecule has 1 aliphatic carbocycles. The van der Waals surface area contributed by atoms with Crippen molar-refractivity contribution < 1.29 is 29.9 Å². The van der Waals surface area contributed by atoms with Crippen LogP contribution in [0.3, 0.4) is 0 Å². The van der Waals surface area contributed by atoms with Gasteiger partial charge >= 0.3 is 0 Å². The molecular formula is C32H37FN4O5S. The number of nitrogens with two attached hydrogens (primary N) is 1. The van der Waals surface area contributed by atoms with Crippen molar-refractivity contribution in [3.05, 3.63) is 95.8 Å². The summed E-state index contributed by atoms with van der Waals surface area (Å²) in [6.45, 7) is 4.38. The summed E-state index contributed by atoms with van der Waals surface area (Å²) in [4.78, 5) is 21.9.